The van der Waals surface area contributed by atoms with Gasteiger partial charge in [0.15, 0.2) is 0 Å². The van der Waals surface area contributed by atoms with Crippen molar-refractivity contribution in [3.05, 3.63) is 0 Å². The van der Waals surface area contributed by atoms with Crippen molar-refractivity contribution in [2.75, 3.05) is 53.2 Å². The normalized spacial score (nSPS) is 16.5. The molecule has 0 saturated heterocycles. The van der Waals surface area contributed by atoms with E-state index < -0.39 is 50.5 Å². The molecule has 0 aliphatic heterocycles. The number of hydrogen-bond acceptors (Lipinski definition) is 11. The summed E-state index contributed by atoms with van der Waals surface area (Å²) in [6, 6.07) is -1.67. The molecule has 0 aromatic rings. The smallest absolute Gasteiger partial charge is 0.325 e. The maximum atomic E-state index is 12.8. The van der Waals surface area contributed by atoms with Crippen LogP contribution in [0.1, 0.15) is 64.7 Å². The molecule has 3 amide bonds. The van der Waals surface area contributed by atoms with Gasteiger partial charge in [0.1, 0.15) is 24.4 Å². The summed E-state index contributed by atoms with van der Waals surface area (Å²) in [4.78, 5) is 46.0. The number of unbranched alkanes of at least 4 members (excludes halogenated alkanes) is 4. The highest BCUT2D eigenvalue weighted by Crippen LogP contribution is 2.36. The molecular formula is C26H53N4O11P. The van der Waals surface area contributed by atoms with Crippen LogP contribution in [0, 0.1) is 0 Å². The number of carbonyl (C=O) groups excluding carboxylic acids is 3. The molecule has 42 heavy (non-hydrogen) atoms. The Morgan fingerprint density at radius 3 is 2.17 bits per heavy atom. The minimum atomic E-state index is -3.54. The van der Waals surface area contributed by atoms with E-state index in [2.05, 4.69) is 21.3 Å². The van der Waals surface area contributed by atoms with Gasteiger partial charge >= 0.3 is 7.60 Å². The molecule has 0 spiro atoms. The van der Waals surface area contributed by atoms with Crippen LogP contribution in [-0.4, -0.2) is 127 Å². The molecule has 0 heterocycles. The Balaban J connectivity index is 4.77. The Bertz CT molecular complexity index is 802. The van der Waals surface area contributed by atoms with Gasteiger partial charge in [-0.15, -0.1) is 0 Å². The molecule has 0 aromatic carbocycles. The second-order valence-electron chi connectivity index (χ2n) is 10.3. The number of nitrogens with one attached hydrogen (secondary N) is 4. The minimum absolute atomic E-state index is 0.0765. The van der Waals surface area contributed by atoms with E-state index in [9.17, 15) is 34.3 Å². The van der Waals surface area contributed by atoms with Crippen molar-refractivity contribution in [2.45, 2.75) is 95.1 Å². The van der Waals surface area contributed by atoms with E-state index in [4.69, 9.17) is 19.3 Å². The molecule has 5 unspecified atom stereocenters. The largest absolute Gasteiger partial charge is 0.394 e. The zero-order valence-corrected chi connectivity index (χ0v) is 26.0. The fourth-order valence-corrected chi connectivity index (χ4v) is 4.46. The van der Waals surface area contributed by atoms with Crippen molar-refractivity contribution in [2.24, 2.45) is 0 Å². The second-order valence-corrected chi connectivity index (χ2v) is 12.2. The SMILES string of the molecule is COCCCCCC(=O)NC(CCCCNCC(NC(C)=O)C(O)[C@H](O)C(O)CO)C(=O)NCCCCOP(C)(=O)O. The number of carbonyl (C=O) groups is 3. The third-order valence-electron chi connectivity index (χ3n) is 6.30. The first-order chi connectivity index (χ1) is 19.8. The fraction of sp³-hybridized carbons (Fsp3) is 0.885. The van der Waals surface area contributed by atoms with E-state index in [1.807, 2.05) is 0 Å². The van der Waals surface area contributed by atoms with Gasteiger partial charge in [0.25, 0.3) is 0 Å². The first kappa shape index (κ1) is 40.3. The lowest BCUT2D eigenvalue weighted by Gasteiger charge is -2.29. The van der Waals surface area contributed by atoms with Crippen molar-refractivity contribution in [1.82, 2.24) is 21.3 Å². The predicted octanol–water partition coefficient (Wildman–Crippen LogP) is -1.25. The van der Waals surface area contributed by atoms with Crippen LogP contribution >= 0.6 is 7.60 Å². The van der Waals surface area contributed by atoms with Crippen LogP contribution in [-0.2, 0) is 28.2 Å². The summed E-state index contributed by atoms with van der Waals surface area (Å²) in [5.74, 6) is -0.997. The Morgan fingerprint density at radius 1 is 0.881 bits per heavy atom. The third kappa shape index (κ3) is 21.1. The zero-order valence-electron chi connectivity index (χ0n) is 25.1. The number of aliphatic hydroxyl groups excluding tert-OH is 4. The van der Waals surface area contributed by atoms with E-state index in [1.54, 1.807) is 7.11 Å². The average Bonchev–Trinajstić information content (AvgIpc) is 2.92. The highest BCUT2D eigenvalue weighted by Gasteiger charge is 2.31. The molecule has 0 aliphatic rings. The number of rotatable bonds is 26. The van der Waals surface area contributed by atoms with E-state index >= 15 is 0 Å². The van der Waals surface area contributed by atoms with Crippen LogP contribution in [0.5, 0.6) is 0 Å². The molecule has 16 heteroatoms. The lowest BCUT2D eigenvalue weighted by Crippen LogP contribution is -2.56. The summed E-state index contributed by atoms with van der Waals surface area (Å²) in [6.07, 6.45) is 0.413. The van der Waals surface area contributed by atoms with Crippen molar-refractivity contribution < 1.29 is 53.5 Å². The minimum Gasteiger partial charge on any atom is -0.394 e. The highest BCUT2D eigenvalue weighted by molar-refractivity contribution is 7.51. The van der Waals surface area contributed by atoms with Crippen molar-refractivity contribution in [1.29, 1.82) is 0 Å². The summed E-state index contributed by atoms with van der Waals surface area (Å²) in [5.41, 5.74) is 0. The van der Waals surface area contributed by atoms with Gasteiger partial charge < -0.3 is 55.8 Å². The highest BCUT2D eigenvalue weighted by atomic mass is 31.2. The number of amides is 3. The Labute approximate surface area is 248 Å². The number of hydrogen-bond donors (Lipinski definition) is 9. The summed E-state index contributed by atoms with van der Waals surface area (Å²) in [5, 5.41) is 50.1. The Hall–Kier alpha value is -1.68. The van der Waals surface area contributed by atoms with Gasteiger partial charge in [-0.3, -0.25) is 18.9 Å². The lowest BCUT2D eigenvalue weighted by molar-refractivity contribution is -0.129. The molecule has 0 bridgehead atoms. The molecule has 0 radical (unpaired) electrons. The number of methoxy groups -OCH3 is 1. The van der Waals surface area contributed by atoms with Gasteiger partial charge in [0, 0.05) is 46.8 Å². The molecule has 0 aliphatic carbocycles. The summed E-state index contributed by atoms with van der Waals surface area (Å²) in [7, 11) is -1.92. The van der Waals surface area contributed by atoms with Crippen LogP contribution in [0.2, 0.25) is 0 Å². The van der Waals surface area contributed by atoms with E-state index in [0.29, 0.717) is 58.2 Å². The van der Waals surface area contributed by atoms with Crippen molar-refractivity contribution in [3.8, 4) is 0 Å². The van der Waals surface area contributed by atoms with E-state index in [0.717, 1.165) is 19.5 Å². The van der Waals surface area contributed by atoms with Gasteiger partial charge in [0.2, 0.25) is 17.7 Å². The first-order valence-corrected chi connectivity index (χ1v) is 16.5. The zero-order chi connectivity index (χ0) is 32.0. The van der Waals surface area contributed by atoms with E-state index in [1.165, 1.54) is 6.92 Å². The summed E-state index contributed by atoms with van der Waals surface area (Å²) in [6.45, 7) is 3.15. The van der Waals surface area contributed by atoms with Gasteiger partial charge in [0.05, 0.1) is 19.3 Å². The molecule has 6 atom stereocenters. The van der Waals surface area contributed by atoms with Crippen LogP contribution < -0.4 is 21.3 Å². The van der Waals surface area contributed by atoms with Crippen LogP contribution in [0.15, 0.2) is 0 Å². The molecule has 0 saturated carbocycles. The maximum absolute atomic E-state index is 12.8. The van der Waals surface area contributed by atoms with Gasteiger partial charge in [-0.1, -0.05) is 6.42 Å². The standard InChI is InChI=1S/C26H53N4O11P/c1-19(32)29-21(24(35)25(36)22(33)18-31)17-27-13-7-6-11-20(30-23(34)12-5-4-9-15-40-2)26(37)28-14-8-10-16-41-42(3,38)39/h20-22,24-25,27,31,33,35-36H,4-18H2,1-3H3,(H,28,37)(H,29,32)(H,30,34)(H,38,39)/t20?,21?,22?,24?,25-/m1/s1. The van der Waals surface area contributed by atoms with Crippen molar-refractivity contribution in [3.63, 3.8) is 0 Å². The van der Waals surface area contributed by atoms with E-state index in [-0.39, 0.29) is 31.4 Å². The molecule has 0 fully saturated rings. The number of ether oxygens (including phenoxy) is 1. The predicted molar refractivity (Wildman–Crippen MR) is 156 cm³/mol. The summed E-state index contributed by atoms with van der Waals surface area (Å²) < 4.78 is 21.0. The molecule has 0 aromatic heterocycles. The first-order valence-electron chi connectivity index (χ1n) is 14.5. The lowest BCUT2D eigenvalue weighted by atomic mass is 10.0. The van der Waals surface area contributed by atoms with Crippen LogP contribution in [0.25, 0.3) is 0 Å². The van der Waals surface area contributed by atoms with Gasteiger partial charge in [-0.2, -0.15) is 0 Å². The average molecular weight is 629 g/mol. The second kappa shape index (κ2) is 23.7. The number of aliphatic hydroxyl groups is 4. The molecule has 9 N–H and O–H groups in total. The monoisotopic (exact) mass is 628 g/mol. The Morgan fingerprint density at radius 2 is 1.55 bits per heavy atom. The molecular weight excluding hydrogens is 575 g/mol. The molecule has 248 valence electrons. The van der Waals surface area contributed by atoms with Crippen molar-refractivity contribution >= 4 is 25.3 Å². The van der Waals surface area contributed by atoms with Crippen LogP contribution in [0.4, 0.5) is 0 Å². The molecule has 15 nitrogen and oxygen atoms in total. The van der Waals surface area contributed by atoms with Gasteiger partial charge in [-0.05, 0) is 51.5 Å². The Kier molecular flexibility index (Phi) is 22.8. The summed E-state index contributed by atoms with van der Waals surface area (Å²) >= 11 is 0. The fourth-order valence-electron chi connectivity index (χ4n) is 3.99. The molecule has 0 rings (SSSR count). The van der Waals surface area contributed by atoms with Gasteiger partial charge in [-0.25, -0.2) is 0 Å². The topological polar surface area (TPSA) is 236 Å². The quantitative estimate of drug-likeness (QED) is 0.0404. The van der Waals surface area contributed by atoms with Crippen LogP contribution in [0.3, 0.4) is 0 Å². The third-order valence-corrected chi connectivity index (χ3v) is 6.96. The maximum Gasteiger partial charge on any atom is 0.325 e.